The van der Waals surface area contributed by atoms with Crippen LogP contribution in [0, 0.1) is 5.92 Å². The minimum atomic E-state index is -1.20. The molecular weight excluding hydrogens is 232 g/mol. The summed E-state index contributed by atoms with van der Waals surface area (Å²) in [6.07, 6.45) is 9.09. The molecule has 2 N–H and O–H groups in total. The quantitative estimate of drug-likeness (QED) is 0.376. The molecule has 1 unspecified atom stereocenters. The Bertz CT molecular complexity index is 329. The molecule has 0 heterocycles. The summed E-state index contributed by atoms with van der Waals surface area (Å²) in [7, 11) is 0. The van der Waals surface area contributed by atoms with Gasteiger partial charge in [-0.3, -0.25) is 0 Å². The van der Waals surface area contributed by atoms with E-state index >= 15 is 0 Å². The summed E-state index contributed by atoms with van der Waals surface area (Å²) >= 11 is 0. The molecule has 0 fully saturated rings. The average molecular weight is 254 g/mol. The van der Waals surface area contributed by atoms with Crippen molar-refractivity contribution in [3.05, 3.63) is 23.8 Å². The van der Waals surface area contributed by atoms with Crippen molar-refractivity contribution in [1.29, 1.82) is 0 Å². The van der Waals surface area contributed by atoms with E-state index in [4.69, 9.17) is 10.2 Å². The number of unbranched alkanes of at least 4 members (excludes halogenated alkanes) is 1. The zero-order chi connectivity index (χ0) is 14.0. The fourth-order valence-electron chi connectivity index (χ4n) is 1.83. The van der Waals surface area contributed by atoms with Crippen LogP contribution in [0.4, 0.5) is 0 Å². The summed E-state index contributed by atoms with van der Waals surface area (Å²) in [5, 5.41) is 17.7. The lowest BCUT2D eigenvalue weighted by Gasteiger charge is -2.14. The van der Waals surface area contributed by atoms with Gasteiger partial charge in [-0.25, -0.2) is 9.59 Å². The van der Waals surface area contributed by atoms with Gasteiger partial charge in [-0.1, -0.05) is 26.0 Å². The van der Waals surface area contributed by atoms with Gasteiger partial charge in [0.15, 0.2) is 0 Å². The SMILES string of the molecule is CCC=CCCCC(CC)/C(=C/C(=O)O)C(=O)O. The van der Waals surface area contributed by atoms with Crippen LogP contribution in [0.1, 0.15) is 46.0 Å². The van der Waals surface area contributed by atoms with Crippen molar-refractivity contribution in [2.45, 2.75) is 46.0 Å². The molecule has 0 aromatic carbocycles. The minimum absolute atomic E-state index is 0.00414. The second kappa shape index (κ2) is 9.45. The highest BCUT2D eigenvalue weighted by Crippen LogP contribution is 2.22. The molecule has 0 rings (SSSR count). The molecule has 0 spiro atoms. The summed E-state index contributed by atoms with van der Waals surface area (Å²) in [6.45, 7) is 3.94. The van der Waals surface area contributed by atoms with E-state index in [9.17, 15) is 9.59 Å². The highest BCUT2D eigenvalue weighted by atomic mass is 16.4. The molecule has 0 amide bonds. The van der Waals surface area contributed by atoms with Gasteiger partial charge in [0.2, 0.25) is 0 Å². The third kappa shape index (κ3) is 6.89. The molecule has 18 heavy (non-hydrogen) atoms. The van der Waals surface area contributed by atoms with Crippen LogP contribution in [0.2, 0.25) is 0 Å². The van der Waals surface area contributed by atoms with Gasteiger partial charge in [0.05, 0.1) is 0 Å². The van der Waals surface area contributed by atoms with Crippen molar-refractivity contribution in [1.82, 2.24) is 0 Å². The molecule has 1 atom stereocenters. The third-order valence-electron chi connectivity index (χ3n) is 2.78. The normalized spacial score (nSPS) is 13.8. The van der Waals surface area contributed by atoms with Gasteiger partial charge in [-0.15, -0.1) is 0 Å². The van der Waals surface area contributed by atoms with Crippen LogP contribution in [0.25, 0.3) is 0 Å². The first-order valence-electron chi connectivity index (χ1n) is 6.35. The Kier molecular flexibility index (Phi) is 8.62. The van der Waals surface area contributed by atoms with E-state index in [1.807, 2.05) is 6.92 Å². The minimum Gasteiger partial charge on any atom is -0.478 e. The van der Waals surface area contributed by atoms with Crippen molar-refractivity contribution >= 4 is 11.9 Å². The smallest absolute Gasteiger partial charge is 0.332 e. The summed E-state index contributed by atoms with van der Waals surface area (Å²) in [5.74, 6) is -2.52. The molecule has 0 radical (unpaired) electrons. The van der Waals surface area contributed by atoms with E-state index in [1.54, 1.807) is 0 Å². The molecule has 0 aromatic heterocycles. The average Bonchev–Trinajstić information content (AvgIpc) is 2.31. The summed E-state index contributed by atoms with van der Waals surface area (Å²) in [6, 6.07) is 0. The molecule has 4 nitrogen and oxygen atoms in total. The maximum atomic E-state index is 11.0. The van der Waals surface area contributed by atoms with E-state index < -0.39 is 11.9 Å². The highest BCUT2D eigenvalue weighted by Gasteiger charge is 2.19. The summed E-state index contributed by atoms with van der Waals surface area (Å²) in [4.78, 5) is 21.6. The summed E-state index contributed by atoms with van der Waals surface area (Å²) < 4.78 is 0. The van der Waals surface area contributed by atoms with Gasteiger partial charge in [-0.2, -0.15) is 0 Å². The van der Waals surface area contributed by atoms with Crippen molar-refractivity contribution in [3.63, 3.8) is 0 Å². The Morgan fingerprint density at radius 2 is 1.83 bits per heavy atom. The number of allylic oxidation sites excluding steroid dienone is 2. The molecule has 0 saturated heterocycles. The van der Waals surface area contributed by atoms with Gasteiger partial charge in [0, 0.05) is 11.6 Å². The lowest BCUT2D eigenvalue weighted by Crippen LogP contribution is -2.14. The first-order valence-corrected chi connectivity index (χ1v) is 6.35. The van der Waals surface area contributed by atoms with E-state index in [0.29, 0.717) is 12.8 Å². The lowest BCUT2D eigenvalue weighted by atomic mass is 9.90. The number of aliphatic carboxylic acids is 2. The van der Waals surface area contributed by atoms with Gasteiger partial charge in [-0.05, 0) is 38.0 Å². The third-order valence-corrected chi connectivity index (χ3v) is 2.78. The first kappa shape index (κ1) is 16.4. The van der Waals surface area contributed by atoms with E-state index in [2.05, 4.69) is 19.1 Å². The van der Waals surface area contributed by atoms with Crippen LogP contribution >= 0.6 is 0 Å². The number of carboxylic acids is 2. The van der Waals surface area contributed by atoms with Crippen LogP contribution in [-0.4, -0.2) is 22.2 Å². The van der Waals surface area contributed by atoms with Gasteiger partial charge in [0.25, 0.3) is 0 Å². The molecular formula is C14H22O4. The zero-order valence-electron chi connectivity index (χ0n) is 11.1. The second-order valence-corrected chi connectivity index (χ2v) is 4.16. The van der Waals surface area contributed by atoms with Crippen LogP contribution in [0.15, 0.2) is 23.8 Å². The Labute approximate surface area is 108 Å². The van der Waals surface area contributed by atoms with Gasteiger partial charge >= 0.3 is 11.9 Å². The lowest BCUT2D eigenvalue weighted by molar-refractivity contribution is -0.135. The Morgan fingerprint density at radius 1 is 1.17 bits per heavy atom. The van der Waals surface area contributed by atoms with Crippen LogP contribution in [0.5, 0.6) is 0 Å². The molecule has 0 bridgehead atoms. The Morgan fingerprint density at radius 3 is 2.28 bits per heavy atom. The van der Waals surface area contributed by atoms with Crippen molar-refractivity contribution in [2.24, 2.45) is 5.92 Å². The number of carbonyl (C=O) groups is 2. The molecule has 4 heteroatoms. The summed E-state index contributed by atoms with van der Waals surface area (Å²) in [5.41, 5.74) is 0.00414. The molecule has 102 valence electrons. The van der Waals surface area contributed by atoms with Crippen molar-refractivity contribution < 1.29 is 19.8 Å². The predicted molar refractivity (Wildman–Crippen MR) is 70.4 cm³/mol. The van der Waals surface area contributed by atoms with E-state index in [0.717, 1.165) is 25.3 Å². The van der Waals surface area contributed by atoms with Crippen LogP contribution in [-0.2, 0) is 9.59 Å². The fraction of sp³-hybridized carbons (Fsp3) is 0.571. The molecule has 0 aromatic rings. The fourth-order valence-corrected chi connectivity index (χ4v) is 1.83. The topological polar surface area (TPSA) is 74.6 Å². The predicted octanol–water partition coefficient (Wildman–Crippen LogP) is 3.24. The highest BCUT2D eigenvalue weighted by molar-refractivity contribution is 5.95. The van der Waals surface area contributed by atoms with Crippen LogP contribution < -0.4 is 0 Å². The number of hydrogen-bond acceptors (Lipinski definition) is 2. The molecule has 0 aliphatic rings. The zero-order valence-corrected chi connectivity index (χ0v) is 11.1. The number of hydrogen-bond donors (Lipinski definition) is 2. The second-order valence-electron chi connectivity index (χ2n) is 4.16. The van der Waals surface area contributed by atoms with Gasteiger partial charge < -0.3 is 10.2 Å². The maximum absolute atomic E-state index is 11.0. The Balaban J connectivity index is 4.48. The maximum Gasteiger partial charge on any atom is 0.332 e. The number of rotatable bonds is 9. The van der Waals surface area contributed by atoms with E-state index in [1.165, 1.54) is 0 Å². The number of carboxylic acid groups (broad SMARTS) is 2. The van der Waals surface area contributed by atoms with E-state index in [-0.39, 0.29) is 11.5 Å². The largest absolute Gasteiger partial charge is 0.478 e. The molecule has 0 saturated carbocycles. The standard InChI is InChI=1S/C14H22O4/c1-3-5-6-7-8-9-11(4-2)12(14(17)18)10-13(15)16/h5-6,10-11H,3-4,7-9H2,1-2H3,(H,15,16)(H,17,18)/b6-5?,12-10-. The van der Waals surface area contributed by atoms with Crippen LogP contribution in [0.3, 0.4) is 0 Å². The molecule has 0 aliphatic carbocycles. The first-order chi connectivity index (χ1) is 8.52. The van der Waals surface area contributed by atoms with Crippen molar-refractivity contribution in [3.8, 4) is 0 Å². The molecule has 0 aliphatic heterocycles. The van der Waals surface area contributed by atoms with Crippen molar-refractivity contribution in [2.75, 3.05) is 0 Å². The Hall–Kier alpha value is -1.58. The monoisotopic (exact) mass is 254 g/mol. The van der Waals surface area contributed by atoms with Gasteiger partial charge in [0.1, 0.15) is 0 Å².